The quantitative estimate of drug-likeness (QED) is 0.696. The number of rotatable bonds is 5. The number of pyridine rings is 1. The minimum Gasteiger partial charge on any atom is -0.297 e. The van der Waals surface area contributed by atoms with Crippen molar-refractivity contribution in [2.24, 2.45) is 5.92 Å². The van der Waals surface area contributed by atoms with Crippen molar-refractivity contribution in [3.8, 4) is 11.3 Å². The summed E-state index contributed by atoms with van der Waals surface area (Å²) < 4.78 is 1.57. The highest BCUT2D eigenvalue weighted by atomic mass is 16.1. The molecule has 26 heavy (non-hydrogen) atoms. The first-order valence-corrected chi connectivity index (χ1v) is 8.66. The molecule has 0 N–H and O–H groups in total. The van der Waals surface area contributed by atoms with Gasteiger partial charge >= 0.3 is 0 Å². The molecule has 7 heteroatoms. The van der Waals surface area contributed by atoms with Crippen LogP contribution in [0.2, 0.25) is 0 Å². The minimum absolute atomic E-state index is 0.0642. The van der Waals surface area contributed by atoms with Gasteiger partial charge in [-0.1, -0.05) is 0 Å². The third-order valence-electron chi connectivity index (χ3n) is 4.53. The minimum atomic E-state index is -0.0642. The van der Waals surface area contributed by atoms with E-state index in [0.29, 0.717) is 12.5 Å². The van der Waals surface area contributed by atoms with Crippen LogP contribution in [0, 0.1) is 12.8 Å². The molecule has 0 unspecified atom stereocenters. The van der Waals surface area contributed by atoms with Crippen LogP contribution in [0.25, 0.3) is 11.3 Å². The van der Waals surface area contributed by atoms with Crippen molar-refractivity contribution in [1.82, 2.24) is 29.6 Å². The summed E-state index contributed by atoms with van der Waals surface area (Å²) in [5.41, 5.74) is 3.59. The molecule has 1 aliphatic heterocycles. The largest absolute Gasteiger partial charge is 0.297 e. The molecule has 0 bridgehead atoms. The lowest BCUT2D eigenvalue weighted by Gasteiger charge is -2.38. The molecule has 0 saturated carbocycles. The van der Waals surface area contributed by atoms with E-state index in [1.807, 2.05) is 25.3 Å². The van der Waals surface area contributed by atoms with Gasteiger partial charge in [-0.3, -0.25) is 24.6 Å². The van der Waals surface area contributed by atoms with Gasteiger partial charge in [0.15, 0.2) is 0 Å². The highest BCUT2D eigenvalue weighted by molar-refractivity contribution is 5.56. The highest BCUT2D eigenvalue weighted by Crippen LogP contribution is 2.19. The first-order valence-electron chi connectivity index (χ1n) is 8.66. The van der Waals surface area contributed by atoms with E-state index < -0.39 is 0 Å². The number of hydrogen-bond acceptors (Lipinski definition) is 6. The van der Waals surface area contributed by atoms with Gasteiger partial charge in [-0.15, -0.1) is 0 Å². The van der Waals surface area contributed by atoms with E-state index >= 15 is 0 Å². The predicted molar refractivity (Wildman–Crippen MR) is 97.3 cm³/mol. The monoisotopic (exact) mass is 348 g/mol. The standard InChI is InChI=1S/C19H20N6O/c1-14-8-22-17(9-21-14)13-24-10-15(11-24)12-25-19(26)3-2-18(23-25)16-4-6-20-7-5-16/h2-9,15H,10-13H2,1H3. The zero-order chi connectivity index (χ0) is 17.9. The maximum Gasteiger partial charge on any atom is 0.266 e. The number of hydrogen-bond donors (Lipinski definition) is 0. The normalized spacial score (nSPS) is 15.0. The molecule has 0 atom stereocenters. The maximum atomic E-state index is 12.1. The Morgan fingerprint density at radius 2 is 1.88 bits per heavy atom. The van der Waals surface area contributed by atoms with Crippen LogP contribution >= 0.6 is 0 Å². The Kier molecular flexibility index (Phi) is 4.53. The van der Waals surface area contributed by atoms with Gasteiger partial charge in [-0.25, -0.2) is 4.68 Å². The molecule has 4 rings (SSSR count). The Labute approximate surface area is 151 Å². The zero-order valence-electron chi connectivity index (χ0n) is 14.6. The van der Waals surface area contributed by atoms with Crippen LogP contribution in [0.5, 0.6) is 0 Å². The second-order valence-electron chi connectivity index (χ2n) is 6.68. The van der Waals surface area contributed by atoms with Crippen LogP contribution in [0.3, 0.4) is 0 Å². The molecule has 4 heterocycles. The zero-order valence-corrected chi connectivity index (χ0v) is 14.6. The Balaban J connectivity index is 1.38. The van der Waals surface area contributed by atoms with Gasteiger partial charge in [0, 0.05) is 62.0 Å². The smallest absolute Gasteiger partial charge is 0.266 e. The van der Waals surface area contributed by atoms with Gasteiger partial charge < -0.3 is 0 Å². The van der Waals surface area contributed by atoms with Crippen molar-refractivity contribution in [3.05, 3.63) is 70.8 Å². The van der Waals surface area contributed by atoms with Crippen molar-refractivity contribution in [1.29, 1.82) is 0 Å². The van der Waals surface area contributed by atoms with E-state index in [-0.39, 0.29) is 5.56 Å². The molecular formula is C19H20N6O. The number of nitrogens with zero attached hydrogens (tertiary/aromatic N) is 6. The number of aryl methyl sites for hydroxylation is 1. The number of likely N-dealkylation sites (tertiary alicyclic amines) is 1. The molecular weight excluding hydrogens is 328 g/mol. The van der Waals surface area contributed by atoms with Gasteiger partial charge in [-0.05, 0) is 25.1 Å². The van der Waals surface area contributed by atoms with Crippen LogP contribution in [-0.2, 0) is 13.1 Å². The van der Waals surface area contributed by atoms with Crippen molar-refractivity contribution >= 4 is 0 Å². The third-order valence-corrected chi connectivity index (χ3v) is 4.53. The summed E-state index contributed by atoms with van der Waals surface area (Å²) in [6.45, 7) is 5.23. The van der Waals surface area contributed by atoms with E-state index in [1.165, 1.54) is 0 Å². The lowest BCUT2D eigenvalue weighted by atomic mass is 10.00. The Bertz CT molecular complexity index is 932. The lowest BCUT2D eigenvalue weighted by Crippen LogP contribution is -2.49. The topological polar surface area (TPSA) is 76.8 Å². The molecule has 0 radical (unpaired) electrons. The van der Waals surface area contributed by atoms with Crippen molar-refractivity contribution in [2.75, 3.05) is 13.1 Å². The van der Waals surface area contributed by atoms with E-state index in [2.05, 4.69) is 25.0 Å². The molecule has 1 fully saturated rings. The summed E-state index contributed by atoms with van der Waals surface area (Å²) >= 11 is 0. The summed E-state index contributed by atoms with van der Waals surface area (Å²) in [6, 6.07) is 7.13. The Morgan fingerprint density at radius 3 is 2.62 bits per heavy atom. The summed E-state index contributed by atoms with van der Waals surface area (Å²) in [5.74, 6) is 0.422. The molecule has 3 aromatic heterocycles. The molecule has 7 nitrogen and oxygen atoms in total. The van der Waals surface area contributed by atoms with Gasteiger partial charge in [0.05, 0.1) is 23.6 Å². The molecule has 1 saturated heterocycles. The number of aromatic nitrogens is 5. The van der Waals surface area contributed by atoms with Gasteiger partial charge in [-0.2, -0.15) is 5.10 Å². The Morgan fingerprint density at radius 1 is 1.08 bits per heavy atom. The maximum absolute atomic E-state index is 12.1. The first-order chi connectivity index (χ1) is 12.7. The molecule has 0 aromatic carbocycles. The second-order valence-corrected chi connectivity index (χ2v) is 6.68. The van der Waals surface area contributed by atoms with Gasteiger partial charge in [0.2, 0.25) is 0 Å². The molecule has 132 valence electrons. The van der Waals surface area contributed by atoms with Crippen molar-refractivity contribution < 1.29 is 0 Å². The van der Waals surface area contributed by atoms with Crippen molar-refractivity contribution in [3.63, 3.8) is 0 Å². The average Bonchev–Trinajstić information content (AvgIpc) is 2.64. The third kappa shape index (κ3) is 3.67. The van der Waals surface area contributed by atoms with E-state index in [0.717, 1.165) is 42.3 Å². The van der Waals surface area contributed by atoms with Crippen LogP contribution < -0.4 is 5.56 Å². The fraction of sp³-hybridized carbons (Fsp3) is 0.316. The molecule has 1 aliphatic rings. The van der Waals surface area contributed by atoms with Gasteiger partial charge in [0.1, 0.15) is 0 Å². The molecule has 0 aliphatic carbocycles. The molecule has 3 aromatic rings. The van der Waals surface area contributed by atoms with Crippen LogP contribution in [0.15, 0.2) is 53.8 Å². The summed E-state index contributed by atoms with van der Waals surface area (Å²) in [4.78, 5) is 27.1. The summed E-state index contributed by atoms with van der Waals surface area (Å²) in [7, 11) is 0. The Hall–Kier alpha value is -2.93. The van der Waals surface area contributed by atoms with E-state index in [9.17, 15) is 4.79 Å². The molecule has 0 spiro atoms. The van der Waals surface area contributed by atoms with Gasteiger partial charge in [0.25, 0.3) is 5.56 Å². The highest BCUT2D eigenvalue weighted by Gasteiger charge is 2.27. The second kappa shape index (κ2) is 7.13. The fourth-order valence-corrected chi connectivity index (χ4v) is 3.15. The lowest BCUT2D eigenvalue weighted by molar-refractivity contribution is 0.0753. The van der Waals surface area contributed by atoms with E-state index in [4.69, 9.17) is 0 Å². The SMILES string of the molecule is Cc1cnc(CN2CC(Cn3nc(-c4ccncc4)ccc3=O)C2)cn1. The average molecular weight is 348 g/mol. The fourth-order valence-electron chi connectivity index (χ4n) is 3.15. The first kappa shape index (κ1) is 16.5. The van der Waals surface area contributed by atoms with Crippen LogP contribution in [0.4, 0.5) is 0 Å². The van der Waals surface area contributed by atoms with E-state index in [1.54, 1.807) is 35.4 Å². The van der Waals surface area contributed by atoms with Crippen LogP contribution in [-0.4, -0.2) is 42.7 Å². The summed E-state index contributed by atoms with van der Waals surface area (Å²) in [6.07, 6.45) is 7.07. The summed E-state index contributed by atoms with van der Waals surface area (Å²) in [5, 5.41) is 4.52. The van der Waals surface area contributed by atoms with Crippen molar-refractivity contribution in [2.45, 2.75) is 20.0 Å². The van der Waals surface area contributed by atoms with Crippen LogP contribution in [0.1, 0.15) is 11.4 Å². The molecule has 0 amide bonds. The predicted octanol–water partition coefficient (Wildman–Crippen LogP) is 1.54.